The van der Waals surface area contributed by atoms with Crippen molar-refractivity contribution in [1.82, 2.24) is 5.32 Å². The third kappa shape index (κ3) is 3.53. The van der Waals surface area contributed by atoms with Crippen LogP contribution in [-0.2, 0) is 4.74 Å². The van der Waals surface area contributed by atoms with Gasteiger partial charge in [0.25, 0.3) is 0 Å². The molecule has 1 aliphatic heterocycles. The van der Waals surface area contributed by atoms with Crippen molar-refractivity contribution in [1.29, 1.82) is 0 Å². The molecule has 0 aliphatic carbocycles. The second-order valence-electron chi connectivity index (χ2n) is 4.81. The average Bonchev–Trinajstić information content (AvgIpc) is 2.40. The van der Waals surface area contributed by atoms with Gasteiger partial charge in [-0.1, -0.05) is 6.07 Å². The van der Waals surface area contributed by atoms with E-state index < -0.39 is 0 Å². The Labute approximate surface area is 116 Å². The van der Waals surface area contributed by atoms with Crippen molar-refractivity contribution in [3.05, 3.63) is 34.1 Å². The summed E-state index contributed by atoms with van der Waals surface area (Å²) in [5, 5.41) is 3.29. The zero-order valence-corrected chi connectivity index (χ0v) is 12.2. The second-order valence-corrected chi connectivity index (χ2v) is 5.66. The van der Waals surface area contributed by atoms with Crippen LogP contribution >= 0.6 is 15.9 Å². The van der Waals surface area contributed by atoms with Gasteiger partial charge in [-0.3, -0.25) is 0 Å². The lowest BCUT2D eigenvalue weighted by Gasteiger charge is -2.26. The minimum Gasteiger partial charge on any atom is -0.381 e. The van der Waals surface area contributed by atoms with E-state index in [0.717, 1.165) is 38.0 Å². The first kappa shape index (κ1) is 14.0. The Bertz CT molecular complexity index is 393. The molecule has 1 heterocycles. The van der Waals surface area contributed by atoms with Crippen molar-refractivity contribution in [2.45, 2.75) is 25.3 Å². The van der Waals surface area contributed by atoms with Crippen molar-refractivity contribution in [2.24, 2.45) is 5.92 Å². The molecule has 0 bridgehead atoms. The maximum atomic E-state index is 13.6. The highest BCUT2D eigenvalue weighted by Gasteiger charge is 2.20. The third-order valence-corrected chi connectivity index (χ3v) is 4.25. The number of hydrogen-bond donors (Lipinski definition) is 1. The first-order chi connectivity index (χ1) is 8.70. The topological polar surface area (TPSA) is 21.3 Å². The van der Waals surface area contributed by atoms with Gasteiger partial charge in [-0.2, -0.15) is 0 Å². The number of nitrogens with one attached hydrogen (secondary N) is 1. The van der Waals surface area contributed by atoms with E-state index in [2.05, 4.69) is 21.2 Å². The molecule has 1 atom stereocenters. The number of benzene rings is 1. The molecule has 1 aliphatic rings. The predicted molar refractivity (Wildman–Crippen MR) is 74.1 cm³/mol. The minimum atomic E-state index is -0.195. The fourth-order valence-electron chi connectivity index (χ4n) is 2.47. The summed E-state index contributed by atoms with van der Waals surface area (Å²) < 4.78 is 19.4. The van der Waals surface area contributed by atoms with Gasteiger partial charge in [0.1, 0.15) is 5.82 Å². The molecular formula is C14H19BrFNO. The van der Waals surface area contributed by atoms with E-state index >= 15 is 0 Å². The largest absolute Gasteiger partial charge is 0.381 e. The normalized spacial score (nSPS) is 18.8. The van der Waals surface area contributed by atoms with Crippen molar-refractivity contribution >= 4 is 15.9 Å². The van der Waals surface area contributed by atoms with E-state index in [-0.39, 0.29) is 11.9 Å². The van der Waals surface area contributed by atoms with Crippen LogP contribution in [0.2, 0.25) is 0 Å². The SMILES string of the molecule is CNC(CC1CCOCC1)c1ccc(Br)c(F)c1. The summed E-state index contributed by atoms with van der Waals surface area (Å²) in [6.45, 7) is 1.71. The fraction of sp³-hybridized carbons (Fsp3) is 0.571. The van der Waals surface area contributed by atoms with Gasteiger partial charge in [0.2, 0.25) is 0 Å². The molecule has 100 valence electrons. The minimum absolute atomic E-state index is 0.195. The first-order valence-electron chi connectivity index (χ1n) is 6.40. The molecule has 1 saturated heterocycles. The smallest absolute Gasteiger partial charge is 0.137 e. The highest BCUT2D eigenvalue weighted by molar-refractivity contribution is 9.10. The Morgan fingerprint density at radius 3 is 2.78 bits per heavy atom. The zero-order chi connectivity index (χ0) is 13.0. The molecule has 1 aromatic rings. The average molecular weight is 316 g/mol. The lowest BCUT2D eigenvalue weighted by molar-refractivity contribution is 0.0608. The van der Waals surface area contributed by atoms with Gasteiger partial charge in [-0.15, -0.1) is 0 Å². The van der Waals surface area contributed by atoms with Crippen LogP contribution in [0.1, 0.15) is 30.9 Å². The quantitative estimate of drug-likeness (QED) is 0.915. The van der Waals surface area contributed by atoms with Crippen LogP contribution in [0.3, 0.4) is 0 Å². The molecule has 4 heteroatoms. The molecule has 0 aromatic heterocycles. The monoisotopic (exact) mass is 315 g/mol. The Hall–Kier alpha value is -0.450. The van der Waals surface area contributed by atoms with Crippen LogP contribution in [0.4, 0.5) is 4.39 Å². The van der Waals surface area contributed by atoms with Gasteiger partial charge in [0, 0.05) is 19.3 Å². The summed E-state index contributed by atoms with van der Waals surface area (Å²) in [4.78, 5) is 0. The summed E-state index contributed by atoms with van der Waals surface area (Å²) in [5.74, 6) is 0.475. The molecule has 2 rings (SSSR count). The lowest BCUT2D eigenvalue weighted by atomic mass is 9.89. The number of rotatable bonds is 4. The summed E-state index contributed by atoms with van der Waals surface area (Å²) in [6, 6.07) is 5.59. The number of halogens is 2. The van der Waals surface area contributed by atoms with Gasteiger partial charge < -0.3 is 10.1 Å². The summed E-state index contributed by atoms with van der Waals surface area (Å²) in [6.07, 6.45) is 3.26. The standard InChI is InChI=1S/C14H19BrFNO/c1-17-14(8-10-4-6-18-7-5-10)11-2-3-12(15)13(16)9-11/h2-3,9-10,14,17H,4-8H2,1H3. The highest BCUT2D eigenvalue weighted by Crippen LogP contribution is 2.29. The second kappa shape index (κ2) is 6.64. The van der Waals surface area contributed by atoms with E-state index in [1.807, 2.05) is 13.1 Å². The Balaban J connectivity index is 2.04. The molecule has 18 heavy (non-hydrogen) atoms. The molecule has 0 spiro atoms. The van der Waals surface area contributed by atoms with Crippen LogP contribution in [-0.4, -0.2) is 20.3 Å². The third-order valence-electron chi connectivity index (χ3n) is 3.60. The maximum absolute atomic E-state index is 13.6. The van der Waals surface area contributed by atoms with Gasteiger partial charge in [0.05, 0.1) is 4.47 Å². The van der Waals surface area contributed by atoms with Crippen LogP contribution < -0.4 is 5.32 Å². The van der Waals surface area contributed by atoms with Crippen LogP contribution in [0.5, 0.6) is 0 Å². The highest BCUT2D eigenvalue weighted by atomic mass is 79.9. The fourth-order valence-corrected chi connectivity index (χ4v) is 2.71. The number of ether oxygens (including phenoxy) is 1. The van der Waals surface area contributed by atoms with E-state index in [1.54, 1.807) is 12.1 Å². The van der Waals surface area contributed by atoms with Crippen molar-refractivity contribution in [2.75, 3.05) is 20.3 Å². The van der Waals surface area contributed by atoms with Gasteiger partial charge in [0.15, 0.2) is 0 Å². The van der Waals surface area contributed by atoms with Gasteiger partial charge in [-0.25, -0.2) is 4.39 Å². The van der Waals surface area contributed by atoms with E-state index in [9.17, 15) is 4.39 Å². The number of hydrogen-bond acceptors (Lipinski definition) is 2. The molecule has 0 amide bonds. The first-order valence-corrected chi connectivity index (χ1v) is 7.20. The Kier molecular flexibility index (Phi) is 5.15. The molecule has 0 saturated carbocycles. The Morgan fingerprint density at radius 1 is 1.44 bits per heavy atom. The van der Waals surface area contributed by atoms with E-state index in [4.69, 9.17) is 4.74 Å². The van der Waals surface area contributed by atoms with E-state index in [1.165, 1.54) is 0 Å². The predicted octanol–water partition coefficient (Wildman–Crippen LogP) is 3.67. The lowest BCUT2D eigenvalue weighted by Crippen LogP contribution is -2.24. The summed E-state index contributed by atoms with van der Waals surface area (Å²) >= 11 is 3.19. The van der Waals surface area contributed by atoms with Crippen molar-refractivity contribution in [3.8, 4) is 0 Å². The van der Waals surface area contributed by atoms with Crippen LogP contribution in [0.25, 0.3) is 0 Å². The maximum Gasteiger partial charge on any atom is 0.137 e. The van der Waals surface area contributed by atoms with Gasteiger partial charge in [-0.05, 0) is 65.9 Å². The van der Waals surface area contributed by atoms with Crippen molar-refractivity contribution in [3.63, 3.8) is 0 Å². The zero-order valence-electron chi connectivity index (χ0n) is 10.6. The molecular weight excluding hydrogens is 297 g/mol. The molecule has 1 N–H and O–H groups in total. The van der Waals surface area contributed by atoms with E-state index in [0.29, 0.717) is 10.4 Å². The molecule has 1 aromatic carbocycles. The molecule has 2 nitrogen and oxygen atoms in total. The Morgan fingerprint density at radius 2 is 2.17 bits per heavy atom. The summed E-state index contributed by atoms with van der Waals surface area (Å²) in [5.41, 5.74) is 1.02. The van der Waals surface area contributed by atoms with Gasteiger partial charge >= 0.3 is 0 Å². The molecule has 1 fully saturated rings. The van der Waals surface area contributed by atoms with Crippen molar-refractivity contribution < 1.29 is 9.13 Å². The molecule has 0 radical (unpaired) electrons. The molecule has 1 unspecified atom stereocenters. The van der Waals surface area contributed by atoms with Crippen LogP contribution in [0, 0.1) is 11.7 Å². The van der Waals surface area contributed by atoms with Crippen LogP contribution in [0.15, 0.2) is 22.7 Å². The summed E-state index contributed by atoms with van der Waals surface area (Å²) in [7, 11) is 1.93.